The summed E-state index contributed by atoms with van der Waals surface area (Å²) in [4.78, 5) is 15.0. The van der Waals surface area contributed by atoms with Gasteiger partial charge in [-0.3, -0.25) is 14.4 Å². The van der Waals surface area contributed by atoms with Crippen LogP contribution in [0.15, 0.2) is 88.9 Å². The van der Waals surface area contributed by atoms with E-state index < -0.39 is 15.9 Å². The van der Waals surface area contributed by atoms with Crippen molar-refractivity contribution in [2.24, 2.45) is 5.10 Å². The van der Waals surface area contributed by atoms with Gasteiger partial charge < -0.3 is 0 Å². The van der Waals surface area contributed by atoms with Crippen LogP contribution in [0.25, 0.3) is 0 Å². The van der Waals surface area contributed by atoms with Crippen LogP contribution < -0.4 is 10.1 Å². The molecule has 0 aliphatic carbocycles. The summed E-state index contributed by atoms with van der Waals surface area (Å²) in [6.07, 6.45) is 1.54. The zero-order chi connectivity index (χ0) is 24.0. The number of amides is 1. The molecule has 0 aromatic heterocycles. The van der Waals surface area contributed by atoms with Crippen molar-refractivity contribution in [3.63, 3.8) is 0 Å². The van der Waals surface area contributed by atoms with E-state index >= 15 is 0 Å². The summed E-state index contributed by atoms with van der Waals surface area (Å²) in [5, 5.41) is 4.79. The summed E-state index contributed by atoms with van der Waals surface area (Å²) in [7, 11) is -3.86. The minimum absolute atomic E-state index is 0.0167. The first-order valence-corrected chi connectivity index (χ1v) is 12.8. The molecular formula is C25H25ClN4O3S. The minimum atomic E-state index is -3.86. The number of anilines is 1. The van der Waals surface area contributed by atoms with E-state index in [1.807, 2.05) is 18.2 Å². The van der Waals surface area contributed by atoms with Gasteiger partial charge in [-0.15, -0.1) is 0 Å². The SMILES string of the molecule is O=C(NN=C1CCN(Cc2ccccc2)CC1)c1cccc(S(=O)(=O)Nc2ccc(Cl)cc2)c1. The highest BCUT2D eigenvalue weighted by Gasteiger charge is 2.18. The number of rotatable bonds is 7. The van der Waals surface area contributed by atoms with Crippen LogP contribution in [0.5, 0.6) is 0 Å². The number of sulfonamides is 1. The maximum absolute atomic E-state index is 12.7. The van der Waals surface area contributed by atoms with Gasteiger partial charge in [0.05, 0.1) is 4.90 Å². The van der Waals surface area contributed by atoms with Gasteiger partial charge in [-0.25, -0.2) is 13.8 Å². The first-order chi connectivity index (χ1) is 16.4. The van der Waals surface area contributed by atoms with Crippen LogP contribution in [-0.4, -0.2) is 38.0 Å². The molecule has 1 aliphatic heterocycles. The largest absolute Gasteiger partial charge is 0.298 e. The van der Waals surface area contributed by atoms with Crippen molar-refractivity contribution in [1.29, 1.82) is 0 Å². The fraction of sp³-hybridized carbons (Fsp3) is 0.200. The Morgan fingerprint density at radius 3 is 2.35 bits per heavy atom. The zero-order valence-corrected chi connectivity index (χ0v) is 20.0. The second-order valence-electron chi connectivity index (χ2n) is 8.02. The van der Waals surface area contributed by atoms with Gasteiger partial charge in [0.15, 0.2) is 0 Å². The van der Waals surface area contributed by atoms with Crippen molar-refractivity contribution in [3.05, 3.63) is 95.0 Å². The number of benzene rings is 3. The normalized spacial score (nSPS) is 14.4. The standard InChI is InChI=1S/C25H25ClN4O3S/c26-21-9-11-23(12-10-21)29-34(32,33)24-8-4-7-20(17-24)25(31)28-27-22-13-15-30(16-14-22)18-19-5-2-1-3-6-19/h1-12,17,29H,13-16,18H2,(H,28,31). The van der Waals surface area contributed by atoms with Gasteiger partial charge in [-0.2, -0.15) is 5.10 Å². The second-order valence-corrected chi connectivity index (χ2v) is 10.1. The summed E-state index contributed by atoms with van der Waals surface area (Å²) < 4.78 is 27.9. The molecule has 3 aromatic rings. The Morgan fingerprint density at radius 2 is 1.65 bits per heavy atom. The van der Waals surface area contributed by atoms with Crippen molar-refractivity contribution in [2.75, 3.05) is 17.8 Å². The molecule has 1 amide bonds. The van der Waals surface area contributed by atoms with E-state index in [1.165, 1.54) is 23.8 Å². The molecule has 4 rings (SSSR count). The molecule has 2 N–H and O–H groups in total. The molecule has 1 heterocycles. The first kappa shape index (κ1) is 23.9. The number of halogens is 1. The number of hydrazone groups is 1. The summed E-state index contributed by atoms with van der Waals surface area (Å²) in [6.45, 7) is 2.63. The first-order valence-electron chi connectivity index (χ1n) is 10.9. The van der Waals surface area contributed by atoms with Crippen LogP contribution >= 0.6 is 11.6 Å². The molecule has 0 radical (unpaired) electrons. The Kier molecular flexibility index (Phi) is 7.62. The van der Waals surface area contributed by atoms with E-state index in [9.17, 15) is 13.2 Å². The van der Waals surface area contributed by atoms with E-state index in [4.69, 9.17) is 11.6 Å². The maximum atomic E-state index is 12.7. The van der Waals surface area contributed by atoms with E-state index in [0.717, 1.165) is 38.2 Å². The van der Waals surface area contributed by atoms with Crippen LogP contribution in [0, 0.1) is 0 Å². The second kappa shape index (κ2) is 10.8. The van der Waals surface area contributed by atoms with E-state index in [2.05, 4.69) is 32.3 Å². The Labute approximate surface area is 204 Å². The molecule has 0 saturated carbocycles. The van der Waals surface area contributed by atoms with Gasteiger partial charge in [0.2, 0.25) is 0 Å². The molecule has 0 unspecified atom stereocenters. The van der Waals surface area contributed by atoms with Crippen LogP contribution in [0.4, 0.5) is 5.69 Å². The molecular weight excluding hydrogens is 472 g/mol. The molecule has 176 valence electrons. The average molecular weight is 497 g/mol. The third-order valence-electron chi connectivity index (χ3n) is 5.50. The molecule has 1 aliphatic rings. The van der Waals surface area contributed by atoms with E-state index in [0.29, 0.717) is 10.7 Å². The molecule has 1 fully saturated rings. The van der Waals surface area contributed by atoms with Gasteiger partial charge in [0, 0.05) is 54.5 Å². The number of carbonyl (C=O) groups excluding carboxylic acids is 1. The molecule has 34 heavy (non-hydrogen) atoms. The molecule has 1 saturated heterocycles. The maximum Gasteiger partial charge on any atom is 0.271 e. The van der Waals surface area contributed by atoms with E-state index in [-0.39, 0.29) is 10.5 Å². The monoisotopic (exact) mass is 496 g/mol. The predicted octanol–water partition coefficient (Wildman–Crippen LogP) is 4.52. The number of hydrogen-bond acceptors (Lipinski definition) is 5. The lowest BCUT2D eigenvalue weighted by atomic mass is 10.1. The zero-order valence-electron chi connectivity index (χ0n) is 18.4. The van der Waals surface area contributed by atoms with Crippen molar-refractivity contribution in [2.45, 2.75) is 24.3 Å². The van der Waals surface area contributed by atoms with Gasteiger partial charge in [-0.1, -0.05) is 48.0 Å². The van der Waals surface area contributed by atoms with E-state index in [1.54, 1.807) is 30.3 Å². The number of hydrogen-bond donors (Lipinski definition) is 2. The lowest BCUT2D eigenvalue weighted by Gasteiger charge is -2.27. The fourth-order valence-electron chi connectivity index (χ4n) is 3.65. The van der Waals surface area contributed by atoms with Crippen LogP contribution in [0.3, 0.4) is 0 Å². The van der Waals surface area contributed by atoms with Crippen LogP contribution in [-0.2, 0) is 16.6 Å². The van der Waals surface area contributed by atoms with Crippen LogP contribution in [0.2, 0.25) is 5.02 Å². The fourth-order valence-corrected chi connectivity index (χ4v) is 4.88. The average Bonchev–Trinajstić information content (AvgIpc) is 2.85. The highest BCUT2D eigenvalue weighted by Crippen LogP contribution is 2.19. The quantitative estimate of drug-likeness (QED) is 0.470. The number of carbonyl (C=O) groups is 1. The Morgan fingerprint density at radius 1 is 0.941 bits per heavy atom. The smallest absolute Gasteiger partial charge is 0.271 e. The molecule has 0 atom stereocenters. The number of nitrogens with one attached hydrogen (secondary N) is 2. The number of likely N-dealkylation sites (tertiary alicyclic amines) is 1. The van der Waals surface area contributed by atoms with Gasteiger partial charge in [0.25, 0.3) is 15.9 Å². The van der Waals surface area contributed by atoms with Crippen molar-refractivity contribution in [3.8, 4) is 0 Å². The number of piperidine rings is 1. The Hall–Kier alpha value is -3.20. The van der Waals surface area contributed by atoms with Gasteiger partial charge >= 0.3 is 0 Å². The highest BCUT2D eigenvalue weighted by molar-refractivity contribution is 7.92. The molecule has 3 aromatic carbocycles. The summed E-state index contributed by atoms with van der Waals surface area (Å²) >= 11 is 5.85. The molecule has 0 bridgehead atoms. The lowest BCUT2D eigenvalue weighted by Crippen LogP contribution is -2.34. The lowest BCUT2D eigenvalue weighted by molar-refractivity contribution is 0.0954. The number of nitrogens with zero attached hydrogens (tertiary/aromatic N) is 2. The minimum Gasteiger partial charge on any atom is -0.298 e. The molecule has 0 spiro atoms. The molecule has 7 nitrogen and oxygen atoms in total. The van der Waals surface area contributed by atoms with Gasteiger partial charge in [-0.05, 0) is 48.0 Å². The third-order valence-corrected chi connectivity index (χ3v) is 7.13. The molecule has 9 heteroatoms. The summed E-state index contributed by atoms with van der Waals surface area (Å²) in [5.41, 5.74) is 5.36. The third kappa shape index (κ3) is 6.44. The predicted molar refractivity (Wildman–Crippen MR) is 135 cm³/mol. The Balaban J connectivity index is 1.34. The topological polar surface area (TPSA) is 90.9 Å². The van der Waals surface area contributed by atoms with Crippen molar-refractivity contribution in [1.82, 2.24) is 10.3 Å². The summed E-state index contributed by atoms with van der Waals surface area (Å²) in [5.74, 6) is -0.456. The Bertz CT molecular complexity index is 1270. The van der Waals surface area contributed by atoms with Crippen LogP contribution in [0.1, 0.15) is 28.8 Å². The highest BCUT2D eigenvalue weighted by atomic mass is 35.5. The van der Waals surface area contributed by atoms with Crippen molar-refractivity contribution >= 4 is 38.9 Å². The van der Waals surface area contributed by atoms with Crippen molar-refractivity contribution < 1.29 is 13.2 Å². The summed E-state index contributed by atoms with van der Waals surface area (Å²) in [6, 6.07) is 22.5. The van der Waals surface area contributed by atoms with Gasteiger partial charge in [0.1, 0.15) is 0 Å².